The molecule has 0 aromatic carbocycles. The van der Waals surface area contributed by atoms with E-state index in [1.54, 1.807) is 0 Å². The minimum Gasteiger partial charge on any atom is -0.374 e. The fourth-order valence-electron chi connectivity index (χ4n) is 1.75. The lowest BCUT2D eigenvalue weighted by atomic mass is 9.83. The average Bonchev–Trinajstić information content (AvgIpc) is 2.09. The summed E-state index contributed by atoms with van der Waals surface area (Å²) in [7, 11) is 1.44. The molecule has 0 aliphatic heterocycles. The maximum Gasteiger partial charge on any atom is 0.248 e. The lowest BCUT2D eigenvalue weighted by Crippen LogP contribution is -2.32. The lowest BCUT2D eigenvalue weighted by molar-refractivity contribution is -0.123. The summed E-state index contributed by atoms with van der Waals surface area (Å²) in [6.45, 7) is 0. The van der Waals surface area contributed by atoms with Crippen LogP contribution in [0.4, 0.5) is 8.78 Å². The number of aldehydes is 1. The SMILES string of the molecule is COC(C=O)C1CCC(F)(F)CC1. The predicted octanol–water partition coefficient (Wildman–Crippen LogP) is 2.03. The third kappa shape index (κ3) is 2.72. The number of carbonyl (C=O) groups excluding carboxylic acids is 1. The lowest BCUT2D eigenvalue weighted by Gasteiger charge is -2.30. The second-order valence-corrected chi connectivity index (χ2v) is 3.53. The van der Waals surface area contributed by atoms with Gasteiger partial charge in [0.15, 0.2) is 0 Å². The van der Waals surface area contributed by atoms with E-state index >= 15 is 0 Å². The molecule has 1 saturated carbocycles. The zero-order valence-corrected chi connectivity index (χ0v) is 7.63. The standard InChI is InChI=1S/C9H14F2O2/c1-13-8(6-12)7-2-4-9(10,11)5-3-7/h6-8H,2-5H2,1H3. The number of ether oxygens (including phenoxy) is 1. The molecule has 0 spiro atoms. The van der Waals surface area contributed by atoms with Crippen molar-refractivity contribution in [3.63, 3.8) is 0 Å². The Morgan fingerprint density at radius 1 is 1.46 bits per heavy atom. The molecule has 1 fully saturated rings. The Hall–Kier alpha value is -0.510. The number of methoxy groups -OCH3 is 1. The minimum absolute atomic E-state index is 0.0258. The Labute approximate surface area is 76.3 Å². The quantitative estimate of drug-likeness (QED) is 0.639. The molecule has 0 amide bonds. The summed E-state index contributed by atoms with van der Waals surface area (Å²) in [5.41, 5.74) is 0. The number of rotatable bonds is 3. The van der Waals surface area contributed by atoms with Crippen LogP contribution in [0.15, 0.2) is 0 Å². The summed E-state index contributed by atoms with van der Waals surface area (Å²) < 4.78 is 30.3. The second kappa shape index (κ2) is 4.13. The van der Waals surface area contributed by atoms with Gasteiger partial charge in [0, 0.05) is 20.0 Å². The van der Waals surface area contributed by atoms with Gasteiger partial charge in [-0.25, -0.2) is 8.78 Å². The van der Waals surface area contributed by atoms with Gasteiger partial charge in [-0.15, -0.1) is 0 Å². The van der Waals surface area contributed by atoms with E-state index in [0.717, 1.165) is 0 Å². The van der Waals surface area contributed by atoms with Crippen LogP contribution in [0.3, 0.4) is 0 Å². The maximum absolute atomic E-state index is 12.7. The predicted molar refractivity (Wildman–Crippen MR) is 43.8 cm³/mol. The van der Waals surface area contributed by atoms with Gasteiger partial charge in [0.1, 0.15) is 12.4 Å². The van der Waals surface area contributed by atoms with Crippen molar-refractivity contribution in [1.29, 1.82) is 0 Å². The van der Waals surface area contributed by atoms with Crippen molar-refractivity contribution >= 4 is 6.29 Å². The number of carbonyl (C=O) groups is 1. The van der Waals surface area contributed by atoms with Crippen molar-refractivity contribution in [1.82, 2.24) is 0 Å². The Morgan fingerprint density at radius 2 is 2.00 bits per heavy atom. The van der Waals surface area contributed by atoms with Gasteiger partial charge in [-0.3, -0.25) is 0 Å². The van der Waals surface area contributed by atoms with E-state index in [9.17, 15) is 13.6 Å². The van der Waals surface area contributed by atoms with E-state index in [4.69, 9.17) is 4.74 Å². The molecule has 1 rings (SSSR count). The van der Waals surface area contributed by atoms with E-state index in [-0.39, 0.29) is 18.8 Å². The number of hydrogen-bond acceptors (Lipinski definition) is 2. The molecule has 1 aliphatic rings. The van der Waals surface area contributed by atoms with Crippen LogP contribution in [0.25, 0.3) is 0 Å². The Kier molecular flexibility index (Phi) is 3.36. The highest BCUT2D eigenvalue weighted by Crippen LogP contribution is 2.37. The molecule has 0 N–H and O–H groups in total. The van der Waals surface area contributed by atoms with Crippen LogP contribution < -0.4 is 0 Å². The molecule has 13 heavy (non-hydrogen) atoms. The number of halogens is 2. The Morgan fingerprint density at radius 3 is 2.38 bits per heavy atom. The van der Waals surface area contributed by atoms with Gasteiger partial charge in [0.25, 0.3) is 0 Å². The monoisotopic (exact) mass is 192 g/mol. The van der Waals surface area contributed by atoms with Gasteiger partial charge in [-0.1, -0.05) is 0 Å². The fourth-order valence-corrected chi connectivity index (χ4v) is 1.75. The van der Waals surface area contributed by atoms with Crippen LogP contribution in [-0.4, -0.2) is 25.4 Å². The molecule has 1 aliphatic carbocycles. The van der Waals surface area contributed by atoms with Crippen LogP contribution in [0.5, 0.6) is 0 Å². The van der Waals surface area contributed by atoms with E-state index < -0.39 is 12.0 Å². The molecule has 1 unspecified atom stereocenters. The molecule has 0 bridgehead atoms. The zero-order chi connectivity index (χ0) is 9.90. The molecule has 0 heterocycles. The summed E-state index contributed by atoms with van der Waals surface area (Å²) in [5.74, 6) is -2.56. The van der Waals surface area contributed by atoms with Gasteiger partial charge in [-0.05, 0) is 18.8 Å². The normalized spacial score (nSPS) is 25.5. The van der Waals surface area contributed by atoms with Gasteiger partial charge in [0.05, 0.1) is 0 Å². The van der Waals surface area contributed by atoms with Gasteiger partial charge >= 0.3 is 0 Å². The van der Waals surface area contributed by atoms with Crippen LogP contribution in [0.2, 0.25) is 0 Å². The Balaban J connectivity index is 2.44. The molecule has 0 saturated heterocycles. The summed E-state index contributed by atoms with van der Waals surface area (Å²) in [6, 6.07) is 0. The smallest absolute Gasteiger partial charge is 0.248 e. The van der Waals surface area contributed by atoms with Crippen molar-refractivity contribution in [3.8, 4) is 0 Å². The van der Waals surface area contributed by atoms with E-state index in [0.29, 0.717) is 19.1 Å². The van der Waals surface area contributed by atoms with Crippen molar-refractivity contribution in [2.24, 2.45) is 5.92 Å². The first-order valence-electron chi connectivity index (χ1n) is 4.45. The summed E-state index contributed by atoms with van der Waals surface area (Å²) in [6.07, 6.45) is 0.718. The number of alkyl halides is 2. The summed E-state index contributed by atoms with van der Waals surface area (Å²) in [5, 5.41) is 0. The third-order valence-electron chi connectivity index (χ3n) is 2.63. The zero-order valence-electron chi connectivity index (χ0n) is 7.63. The largest absolute Gasteiger partial charge is 0.374 e. The first kappa shape index (κ1) is 10.6. The van der Waals surface area contributed by atoms with Crippen LogP contribution in [-0.2, 0) is 9.53 Å². The molecule has 1 atom stereocenters. The van der Waals surface area contributed by atoms with Gasteiger partial charge in [-0.2, -0.15) is 0 Å². The fraction of sp³-hybridized carbons (Fsp3) is 0.889. The second-order valence-electron chi connectivity index (χ2n) is 3.53. The van der Waals surface area contributed by atoms with Crippen LogP contribution in [0, 0.1) is 5.92 Å². The van der Waals surface area contributed by atoms with E-state index in [2.05, 4.69) is 0 Å². The highest BCUT2D eigenvalue weighted by Gasteiger charge is 2.37. The molecule has 2 nitrogen and oxygen atoms in total. The van der Waals surface area contributed by atoms with Crippen LogP contribution >= 0.6 is 0 Å². The van der Waals surface area contributed by atoms with Crippen molar-refractivity contribution in [3.05, 3.63) is 0 Å². The molecule has 4 heteroatoms. The van der Waals surface area contributed by atoms with Crippen molar-refractivity contribution in [2.75, 3.05) is 7.11 Å². The molecular weight excluding hydrogens is 178 g/mol. The highest BCUT2D eigenvalue weighted by molar-refractivity contribution is 5.56. The molecule has 76 valence electrons. The average molecular weight is 192 g/mol. The van der Waals surface area contributed by atoms with Gasteiger partial charge in [0.2, 0.25) is 5.92 Å². The summed E-state index contributed by atoms with van der Waals surface area (Å²) >= 11 is 0. The van der Waals surface area contributed by atoms with Crippen molar-refractivity contribution < 1.29 is 18.3 Å². The van der Waals surface area contributed by atoms with Crippen LogP contribution in [0.1, 0.15) is 25.7 Å². The van der Waals surface area contributed by atoms with E-state index in [1.807, 2.05) is 0 Å². The molecular formula is C9H14F2O2. The summed E-state index contributed by atoms with van der Waals surface area (Å²) in [4.78, 5) is 10.5. The third-order valence-corrected chi connectivity index (χ3v) is 2.63. The van der Waals surface area contributed by atoms with Gasteiger partial charge < -0.3 is 9.53 Å². The highest BCUT2D eigenvalue weighted by atomic mass is 19.3. The van der Waals surface area contributed by atoms with Crippen molar-refractivity contribution in [2.45, 2.75) is 37.7 Å². The first-order valence-corrected chi connectivity index (χ1v) is 4.45. The number of hydrogen-bond donors (Lipinski definition) is 0. The van der Waals surface area contributed by atoms with E-state index in [1.165, 1.54) is 7.11 Å². The topological polar surface area (TPSA) is 26.3 Å². The Bertz CT molecular complexity index is 172. The maximum atomic E-state index is 12.7. The minimum atomic E-state index is -2.53. The first-order chi connectivity index (χ1) is 6.09. The molecule has 0 aromatic rings. The molecule has 0 aromatic heterocycles. The molecule has 0 radical (unpaired) electrons.